The Morgan fingerprint density at radius 3 is 2.40 bits per heavy atom. The molecule has 0 atom stereocenters. The molecule has 1 aromatic heterocycles. The number of hydrogen-bond acceptors (Lipinski definition) is 8. The minimum atomic E-state index is -0.980. The fraction of sp³-hybridized carbons (Fsp3) is 0.0909. The molecule has 0 fully saturated rings. The molecule has 228 valence electrons. The summed E-state index contributed by atoms with van der Waals surface area (Å²) in [6.07, 6.45) is 1.54. The number of carboxylic acids is 1. The lowest BCUT2D eigenvalue weighted by atomic mass is 10.1. The van der Waals surface area contributed by atoms with Gasteiger partial charge in [0.2, 0.25) is 0 Å². The summed E-state index contributed by atoms with van der Waals surface area (Å²) in [6, 6.07) is 24.7. The largest absolute Gasteiger partial charge is 0.490 e. The average Bonchev–Trinajstić information content (AvgIpc) is 3.50. The Bertz CT molecular complexity index is 1830. The molecule has 0 radical (unpaired) electrons. The summed E-state index contributed by atoms with van der Waals surface area (Å²) < 4.78 is 12.6. The van der Waals surface area contributed by atoms with Gasteiger partial charge in [-0.25, -0.2) is 15.2 Å². The maximum atomic E-state index is 12.7. The molecule has 0 spiro atoms. The highest BCUT2D eigenvalue weighted by Crippen LogP contribution is 2.34. The molecule has 0 aliphatic rings. The molecule has 1 heterocycles. The molecular formula is C33H26ClIN4O5S. The number of carboxylic acid groups (broad SMARTS) is 1. The minimum Gasteiger partial charge on any atom is -0.490 e. The van der Waals surface area contributed by atoms with Gasteiger partial charge in [0.05, 0.1) is 27.6 Å². The molecule has 0 saturated heterocycles. The number of carbonyl (C=O) groups is 2. The molecule has 0 bridgehead atoms. The van der Waals surface area contributed by atoms with Crippen LogP contribution in [0.15, 0.2) is 95.4 Å². The second-order valence-electron chi connectivity index (χ2n) is 9.50. The number of aromatic carboxylic acids is 1. The van der Waals surface area contributed by atoms with Crippen LogP contribution in [0.25, 0.3) is 11.3 Å². The number of amides is 1. The second kappa shape index (κ2) is 15.0. The van der Waals surface area contributed by atoms with Crippen molar-refractivity contribution in [2.45, 2.75) is 13.5 Å². The Labute approximate surface area is 282 Å². The first-order valence-corrected chi connectivity index (χ1v) is 16.0. The van der Waals surface area contributed by atoms with Crippen molar-refractivity contribution in [3.05, 3.63) is 121 Å². The maximum Gasteiger partial charge on any atom is 0.335 e. The topological polar surface area (TPSA) is 122 Å². The smallest absolute Gasteiger partial charge is 0.335 e. The highest BCUT2D eigenvalue weighted by atomic mass is 127. The lowest BCUT2D eigenvalue weighted by molar-refractivity contribution is 0.0696. The van der Waals surface area contributed by atoms with Crippen LogP contribution in [0.1, 0.15) is 38.8 Å². The molecular weight excluding hydrogens is 727 g/mol. The summed E-state index contributed by atoms with van der Waals surface area (Å²) in [6.45, 7) is 2.54. The molecule has 1 amide bonds. The van der Waals surface area contributed by atoms with Gasteiger partial charge in [-0.05, 0) is 101 Å². The average molecular weight is 753 g/mol. The number of ether oxygens (including phenoxy) is 2. The summed E-state index contributed by atoms with van der Waals surface area (Å²) in [7, 11) is 0. The monoisotopic (exact) mass is 752 g/mol. The Kier molecular flexibility index (Phi) is 10.7. The van der Waals surface area contributed by atoms with E-state index in [0.29, 0.717) is 34.3 Å². The van der Waals surface area contributed by atoms with Crippen molar-refractivity contribution >= 4 is 74.4 Å². The van der Waals surface area contributed by atoms with Gasteiger partial charge in [0.1, 0.15) is 6.61 Å². The Balaban J connectivity index is 1.19. The molecule has 5 aromatic rings. The molecule has 5 rings (SSSR count). The Morgan fingerprint density at radius 2 is 1.71 bits per heavy atom. The van der Waals surface area contributed by atoms with E-state index in [1.54, 1.807) is 30.3 Å². The maximum absolute atomic E-state index is 12.7. The number of nitrogens with one attached hydrogen (secondary N) is 2. The number of carbonyl (C=O) groups excluding carboxylic acids is 1. The molecule has 12 heteroatoms. The van der Waals surface area contributed by atoms with Crippen LogP contribution in [0.4, 0.5) is 10.8 Å². The van der Waals surface area contributed by atoms with E-state index in [2.05, 4.69) is 43.4 Å². The van der Waals surface area contributed by atoms with Gasteiger partial charge in [-0.3, -0.25) is 4.79 Å². The predicted molar refractivity (Wildman–Crippen MR) is 185 cm³/mol. The number of thiazole rings is 1. The molecule has 0 aliphatic carbocycles. The first-order chi connectivity index (χ1) is 21.8. The third-order valence-corrected chi connectivity index (χ3v) is 8.15. The zero-order valence-corrected chi connectivity index (χ0v) is 27.5. The molecule has 3 N–H and O–H groups in total. The number of hydrogen-bond donors (Lipinski definition) is 3. The zero-order chi connectivity index (χ0) is 31.8. The number of aromatic nitrogens is 1. The van der Waals surface area contributed by atoms with Crippen molar-refractivity contribution in [1.29, 1.82) is 0 Å². The fourth-order valence-electron chi connectivity index (χ4n) is 4.11. The normalized spacial score (nSPS) is 10.9. The van der Waals surface area contributed by atoms with Crippen LogP contribution in [0.5, 0.6) is 11.5 Å². The van der Waals surface area contributed by atoms with E-state index in [9.17, 15) is 9.59 Å². The highest BCUT2D eigenvalue weighted by molar-refractivity contribution is 14.1. The third-order valence-electron chi connectivity index (χ3n) is 6.34. The van der Waals surface area contributed by atoms with Crippen molar-refractivity contribution in [3.63, 3.8) is 0 Å². The van der Waals surface area contributed by atoms with Crippen LogP contribution < -0.4 is 20.2 Å². The summed E-state index contributed by atoms with van der Waals surface area (Å²) in [5.74, 6) is -0.237. The van der Waals surface area contributed by atoms with E-state index in [0.717, 1.165) is 31.2 Å². The summed E-state index contributed by atoms with van der Waals surface area (Å²) in [4.78, 5) is 28.5. The second-order valence-corrected chi connectivity index (χ2v) is 12.0. The van der Waals surface area contributed by atoms with Gasteiger partial charge in [0, 0.05) is 27.2 Å². The fourth-order valence-corrected chi connectivity index (χ4v) is 5.75. The zero-order valence-electron chi connectivity index (χ0n) is 23.8. The highest BCUT2D eigenvalue weighted by Gasteiger charge is 2.13. The van der Waals surface area contributed by atoms with E-state index < -0.39 is 5.97 Å². The van der Waals surface area contributed by atoms with E-state index in [4.69, 9.17) is 26.2 Å². The molecule has 4 aromatic carbocycles. The van der Waals surface area contributed by atoms with Crippen LogP contribution in [0.3, 0.4) is 0 Å². The molecule has 0 unspecified atom stereocenters. The van der Waals surface area contributed by atoms with Gasteiger partial charge in [0.25, 0.3) is 5.91 Å². The van der Waals surface area contributed by atoms with Gasteiger partial charge >= 0.3 is 5.97 Å². The SMILES string of the molecule is CCOc1cc(/C=N\NC(=O)c2ccc(-c3csc(Nc4ccc(Cl)cc4)n3)cc2)cc(I)c1OCc1ccc(C(=O)O)cc1. The van der Waals surface area contributed by atoms with Crippen LogP contribution in [-0.4, -0.2) is 34.8 Å². The van der Waals surface area contributed by atoms with Gasteiger partial charge in [-0.2, -0.15) is 5.10 Å². The van der Waals surface area contributed by atoms with Crippen LogP contribution in [0, 0.1) is 3.57 Å². The first kappa shape index (κ1) is 31.9. The number of hydrazone groups is 1. The minimum absolute atomic E-state index is 0.213. The number of halogens is 2. The summed E-state index contributed by atoms with van der Waals surface area (Å²) in [5, 5.41) is 19.9. The van der Waals surface area contributed by atoms with E-state index >= 15 is 0 Å². The van der Waals surface area contributed by atoms with Crippen molar-refractivity contribution in [2.24, 2.45) is 5.10 Å². The lowest BCUT2D eigenvalue weighted by Crippen LogP contribution is -2.17. The van der Waals surface area contributed by atoms with Gasteiger partial charge in [0.15, 0.2) is 16.6 Å². The van der Waals surface area contributed by atoms with Gasteiger partial charge in [-0.1, -0.05) is 35.9 Å². The summed E-state index contributed by atoms with van der Waals surface area (Å²) in [5.41, 5.74) is 7.34. The van der Waals surface area contributed by atoms with Crippen LogP contribution >= 0.6 is 45.5 Å². The third kappa shape index (κ3) is 8.59. The quantitative estimate of drug-likeness (QED) is 0.0667. The Hall–Kier alpha value is -4.46. The summed E-state index contributed by atoms with van der Waals surface area (Å²) >= 11 is 9.59. The molecule has 9 nitrogen and oxygen atoms in total. The van der Waals surface area contributed by atoms with Gasteiger partial charge < -0.3 is 19.9 Å². The number of anilines is 2. The van der Waals surface area contributed by atoms with Gasteiger partial charge in [-0.15, -0.1) is 11.3 Å². The standard InChI is InChI=1S/C33H26ClIN4O5S/c1-2-43-29-16-21(15-27(35)30(29)44-18-20-3-5-24(6-4-20)32(41)42)17-36-39-31(40)23-9-7-22(8-10-23)28-19-45-33(38-28)37-26-13-11-25(34)12-14-26/h3-17,19H,2,18H2,1H3,(H,37,38)(H,39,40)(H,41,42)/b36-17-. The van der Waals surface area contributed by atoms with E-state index in [1.807, 2.05) is 54.8 Å². The Morgan fingerprint density at radius 1 is 1.00 bits per heavy atom. The lowest BCUT2D eigenvalue weighted by Gasteiger charge is -2.15. The predicted octanol–water partition coefficient (Wildman–Crippen LogP) is 8.25. The van der Waals surface area contributed by atoms with Crippen LogP contribution in [-0.2, 0) is 6.61 Å². The number of rotatable bonds is 12. The molecule has 45 heavy (non-hydrogen) atoms. The van der Waals surface area contributed by atoms with Crippen molar-refractivity contribution < 1.29 is 24.2 Å². The van der Waals surface area contributed by atoms with Crippen LogP contribution in [0.2, 0.25) is 5.02 Å². The van der Waals surface area contributed by atoms with E-state index in [-0.39, 0.29) is 18.1 Å². The molecule has 0 aliphatic heterocycles. The van der Waals surface area contributed by atoms with Crippen molar-refractivity contribution in [2.75, 3.05) is 11.9 Å². The van der Waals surface area contributed by atoms with Crippen molar-refractivity contribution in [1.82, 2.24) is 10.4 Å². The van der Waals surface area contributed by atoms with E-state index in [1.165, 1.54) is 29.7 Å². The number of benzene rings is 4. The number of nitrogens with zero attached hydrogens (tertiary/aromatic N) is 2. The molecule has 0 saturated carbocycles. The first-order valence-electron chi connectivity index (χ1n) is 13.6. The van der Waals surface area contributed by atoms with Crippen molar-refractivity contribution in [3.8, 4) is 22.8 Å².